The minimum absolute atomic E-state index is 0.0549. The van der Waals surface area contributed by atoms with E-state index in [1.807, 2.05) is 13.8 Å². The summed E-state index contributed by atoms with van der Waals surface area (Å²) < 4.78 is 6.87. The van der Waals surface area contributed by atoms with E-state index in [4.69, 9.17) is 4.74 Å². The summed E-state index contributed by atoms with van der Waals surface area (Å²) >= 11 is 0. The van der Waals surface area contributed by atoms with Crippen LogP contribution in [-0.2, 0) is 4.79 Å². The van der Waals surface area contributed by atoms with E-state index in [-0.39, 0.29) is 11.7 Å². The first-order chi connectivity index (χ1) is 9.93. The minimum atomic E-state index is -1.00. The van der Waals surface area contributed by atoms with Gasteiger partial charge in [0.25, 0.3) is 5.56 Å². The van der Waals surface area contributed by atoms with E-state index < -0.39 is 12.0 Å². The summed E-state index contributed by atoms with van der Waals surface area (Å²) in [5.41, 5.74) is -0.294. The van der Waals surface area contributed by atoms with Gasteiger partial charge in [-0.2, -0.15) is 0 Å². The van der Waals surface area contributed by atoms with Gasteiger partial charge in [-0.1, -0.05) is 6.92 Å². The molecule has 5 nitrogen and oxygen atoms in total. The number of aliphatic carboxylic acids is 1. The highest BCUT2D eigenvalue weighted by molar-refractivity contribution is 5.83. The molecule has 1 heterocycles. The monoisotopic (exact) mass is 289 g/mol. The van der Waals surface area contributed by atoms with Crippen LogP contribution in [0.1, 0.15) is 33.2 Å². The van der Waals surface area contributed by atoms with Gasteiger partial charge in [0.15, 0.2) is 0 Å². The Labute approximate surface area is 122 Å². The van der Waals surface area contributed by atoms with Crippen LogP contribution in [0.15, 0.2) is 35.3 Å². The maximum atomic E-state index is 12.4. The standard InChI is InChI=1S/C16H19NO4/c1-4-14(16(19)20)17-8-7-11-9-12(21-10(2)3)5-6-13(11)15(17)18/h5-10,14H,4H2,1-3H3,(H,19,20). The SMILES string of the molecule is CCC(C(=O)O)n1ccc2cc(OC(C)C)ccc2c1=O. The summed E-state index contributed by atoms with van der Waals surface area (Å²) in [7, 11) is 0. The number of aromatic nitrogens is 1. The fourth-order valence-electron chi connectivity index (χ4n) is 2.32. The number of carboxylic acids is 1. The third-order valence-electron chi connectivity index (χ3n) is 3.28. The van der Waals surface area contributed by atoms with Crippen molar-refractivity contribution in [2.24, 2.45) is 0 Å². The molecule has 1 N–H and O–H groups in total. The Balaban J connectivity index is 2.53. The molecule has 0 saturated carbocycles. The van der Waals surface area contributed by atoms with Crippen molar-refractivity contribution in [2.75, 3.05) is 0 Å². The number of hydrogen-bond donors (Lipinski definition) is 1. The minimum Gasteiger partial charge on any atom is -0.491 e. The number of hydrogen-bond acceptors (Lipinski definition) is 3. The van der Waals surface area contributed by atoms with E-state index in [2.05, 4.69) is 0 Å². The molecule has 1 atom stereocenters. The maximum absolute atomic E-state index is 12.4. The molecule has 21 heavy (non-hydrogen) atoms. The van der Waals surface area contributed by atoms with Gasteiger partial charge >= 0.3 is 5.97 Å². The predicted octanol–water partition coefficient (Wildman–Crippen LogP) is 2.82. The second-order valence-electron chi connectivity index (χ2n) is 5.21. The molecule has 0 radical (unpaired) electrons. The number of nitrogens with zero attached hydrogens (tertiary/aromatic N) is 1. The predicted molar refractivity (Wildman–Crippen MR) is 80.9 cm³/mol. The van der Waals surface area contributed by atoms with Crippen LogP contribution in [0.4, 0.5) is 0 Å². The molecule has 0 saturated heterocycles. The summed E-state index contributed by atoms with van der Waals surface area (Å²) in [5, 5.41) is 10.4. The number of fused-ring (bicyclic) bond motifs is 1. The lowest BCUT2D eigenvalue weighted by molar-refractivity contribution is -0.141. The lowest BCUT2D eigenvalue weighted by Gasteiger charge is -2.15. The summed E-state index contributed by atoms with van der Waals surface area (Å²) in [6, 6.07) is 6.11. The number of ether oxygens (including phenoxy) is 1. The van der Waals surface area contributed by atoms with Gasteiger partial charge in [-0.15, -0.1) is 0 Å². The van der Waals surface area contributed by atoms with E-state index in [9.17, 15) is 14.7 Å². The fraction of sp³-hybridized carbons (Fsp3) is 0.375. The molecule has 0 aliphatic heterocycles. The van der Waals surface area contributed by atoms with Crippen molar-refractivity contribution in [1.29, 1.82) is 0 Å². The zero-order valence-electron chi connectivity index (χ0n) is 12.4. The van der Waals surface area contributed by atoms with Crippen LogP contribution < -0.4 is 10.3 Å². The van der Waals surface area contributed by atoms with Gasteiger partial charge in [0.05, 0.1) is 6.10 Å². The Bertz CT molecular complexity index is 718. The van der Waals surface area contributed by atoms with Crippen LogP contribution in [0.3, 0.4) is 0 Å². The van der Waals surface area contributed by atoms with Gasteiger partial charge in [0, 0.05) is 11.6 Å². The Hall–Kier alpha value is -2.30. The van der Waals surface area contributed by atoms with Crippen LogP contribution in [-0.4, -0.2) is 21.7 Å². The molecular formula is C16H19NO4. The lowest BCUT2D eigenvalue weighted by atomic mass is 10.1. The van der Waals surface area contributed by atoms with E-state index in [1.54, 1.807) is 31.2 Å². The van der Waals surface area contributed by atoms with Gasteiger partial charge in [-0.05, 0) is 49.9 Å². The zero-order chi connectivity index (χ0) is 15.6. The van der Waals surface area contributed by atoms with Crippen LogP contribution in [0.5, 0.6) is 5.75 Å². The van der Waals surface area contributed by atoms with E-state index in [0.717, 1.165) is 5.39 Å². The van der Waals surface area contributed by atoms with Gasteiger partial charge in [0.2, 0.25) is 0 Å². The number of benzene rings is 1. The summed E-state index contributed by atoms with van der Waals surface area (Å²) in [4.78, 5) is 23.6. The van der Waals surface area contributed by atoms with Crippen molar-refractivity contribution >= 4 is 16.7 Å². The Morgan fingerprint density at radius 1 is 1.33 bits per heavy atom. The molecule has 0 amide bonds. The lowest BCUT2D eigenvalue weighted by Crippen LogP contribution is -2.29. The van der Waals surface area contributed by atoms with Crippen molar-refractivity contribution in [2.45, 2.75) is 39.3 Å². The molecule has 2 rings (SSSR count). The van der Waals surface area contributed by atoms with Crippen LogP contribution in [0, 0.1) is 0 Å². The molecular weight excluding hydrogens is 270 g/mol. The molecule has 0 bridgehead atoms. The highest BCUT2D eigenvalue weighted by atomic mass is 16.5. The first-order valence-corrected chi connectivity index (χ1v) is 6.98. The second kappa shape index (κ2) is 5.99. The normalized spacial score (nSPS) is 12.6. The Morgan fingerprint density at radius 2 is 2.05 bits per heavy atom. The second-order valence-corrected chi connectivity index (χ2v) is 5.21. The van der Waals surface area contributed by atoms with Crippen molar-refractivity contribution < 1.29 is 14.6 Å². The first-order valence-electron chi connectivity index (χ1n) is 6.98. The van der Waals surface area contributed by atoms with Crippen LogP contribution in [0.2, 0.25) is 0 Å². The third kappa shape index (κ3) is 3.07. The van der Waals surface area contributed by atoms with Gasteiger partial charge < -0.3 is 14.4 Å². The van der Waals surface area contributed by atoms with Gasteiger partial charge in [0.1, 0.15) is 11.8 Å². The van der Waals surface area contributed by atoms with E-state index in [0.29, 0.717) is 17.6 Å². The van der Waals surface area contributed by atoms with Crippen LogP contribution >= 0.6 is 0 Å². The molecule has 0 fully saturated rings. The molecule has 1 aromatic heterocycles. The number of rotatable bonds is 5. The van der Waals surface area contributed by atoms with Crippen molar-refractivity contribution in [3.05, 3.63) is 40.8 Å². The molecule has 2 aromatic rings. The third-order valence-corrected chi connectivity index (χ3v) is 3.28. The van der Waals surface area contributed by atoms with Crippen molar-refractivity contribution in [3.63, 3.8) is 0 Å². The molecule has 1 unspecified atom stereocenters. The quantitative estimate of drug-likeness (QED) is 0.919. The van der Waals surface area contributed by atoms with E-state index in [1.165, 1.54) is 10.8 Å². The van der Waals surface area contributed by atoms with Gasteiger partial charge in [-0.3, -0.25) is 4.79 Å². The highest BCUT2D eigenvalue weighted by Crippen LogP contribution is 2.20. The number of carbonyl (C=O) groups is 1. The molecule has 5 heteroatoms. The summed E-state index contributed by atoms with van der Waals surface area (Å²) in [5.74, 6) is -0.307. The van der Waals surface area contributed by atoms with E-state index >= 15 is 0 Å². The smallest absolute Gasteiger partial charge is 0.326 e. The molecule has 0 spiro atoms. The molecule has 112 valence electrons. The average molecular weight is 289 g/mol. The largest absolute Gasteiger partial charge is 0.491 e. The molecule has 0 aliphatic rings. The first kappa shape index (κ1) is 15.1. The van der Waals surface area contributed by atoms with Crippen LogP contribution in [0.25, 0.3) is 10.8 Å². The van der Waals surface area contributed by atoms with Crippen molar-refractivity contribution in [3.8, 4) is 5.75 Å². The highest BCUT2D eigenvalue weighted by Gasteiger charge is 2.19. The van der Waals surface area contributed by atoms with Crippen molar-refractivity contribution in [1.82, 2.24) is 4.57 Å². The average Bonchev–Trinajstić information content (AvgIpc) is 2.41. The summed E-state index contributed by atoms with van der Waals surface area (Å²) in [6.07, 6.45) is 1.95. The molecule has 1 aromatic carbocycles. The maximum Gasteiger partial charge on any atom is 0.326 e. The topological polar surface area (TPSA) is 68.5 Å². The Kier molecular flexibility index (Phi) is 4.31. The molecule has 0 aliphatic carbocycles. The number of pyridine rings is 1. The zero-order valence-corrected chi connectivity index (χ0v) is 12.4. The fourth-order valence-corrected chi connectivity index (χ4v) is 2.32. The van der Waals surface area contributed by atoms with Gasteiger partial charge in [-0.25, -0.2) is 4.79 Å². The number of carboxylic acid groups (broad SMARTS) is 1. The summed E-state index contributed by atoms with van der Waals surface area (Å²) in [6.45, 7) is 5.61. The Morgan fingerprint density at radius 3 is 2.62 bits per heavy atom.